The molecule has 3 saturated heterocycles. The number of urea groups is 1. The highest BCUT2D eigenvalue weighted by atomic mass is 16.3. The fraction of sp³-hybridized carbons (Fsp3) is 0.467. The molecule has 0 aliphatic carbocycles. The van der Waals surface area contributed by atoms with Crippen molar-refractivity contribution >= 4 is 39.9 Å². The number of hydrogen-bond acceptors (Lipinski definition) is 7. The van der Waals surface area contributed by atoms with Crippen molar-refractivity contribution in [1.29, 1.82) is 0 Å². The van der Waals surface area contributed by atoms with Crippen LogP contribution in [0.5, 0.6) is 0 Å². The fourth-order valence-electron chi connectivity index (χ4n) is 6.19. The van der Waals surface area contributed by atoms with E-state index in [1.165, 1.54) is 18.5 Å². The average molecular weight is 544 g/mol. The number of aliphatic hydroxyl groups excluding tert-OH is 1. The summed E-state index contributed by atoms with van der Waals surface area (Å²) in [5.41, 5.74) is 5.08. The Kier molecular flexibility index (Phi) is 7.68. The summed E-state index contributed by atoms with van der Waals surface area (Å²) in [4.78, 5) is 42.2. The van der Waals surface area contributed by atoms with E-state index in [2.05, 4.69) is 55.4 Å². The number of carbonyl (C=O) groups excluding carboxylic acids is 2. The number of amides is 3. The number of hydrogen-bond donors (Lipinski definition) is 2. The average Bonchev–Trinajstić information content (AvgIpc) is 3.56. The third-order valence-electron chi connectivity index (χ3n) is 8.54. The van der Waals surface area contributed by atoms with E-state index in [-0.39, 0.29) is 17.9 Å². The summed E-state index contributed by atoms with van der Waals surface area (Å²) in [6, 6.07) is 14.4. The number of fused-ring (bicyclic) bond motifs is 1. The Bertz CT molecular complexity index is 1340. The minimum Gasteiger partial charge on any atom is -0.387 e. The van der Waals surface area contributed by atoms with Gasteiger partial charge in [-0.15, -0.1) is 0 Å². The highest BCUT2D eigenvalue weighted by molar-refractivity contribution is 5.90. The Labute approximate surface area is 234 Å². The predicted octanol–water partition coefficient (Wildman–Crippen LogP) is 3.28. The molecule has 6 rings (SSSR count). The molecule has 0 unspecified atom stereocenters. The lowest BCUT2D eigenvalue weighted by atomic mass is 9.91. The van der Waals surface area contributed by atoms with Crippen molar-refractivity contribution in [2.45, 2.75) is 31.6 Å². The van der Waals surface area contributed by atoms with Crippen LogP contribution < -0.4 is 15.1 Å². The first kappa shape index (κ1) is 26.3. The first-order valence-corrected chi connectivity index (χ1v) is 14.4. The van der Waals surface area contributed by atoms with E-state index in [1.54, 1.807) is 11.2 Å². The van der Waals surface area contributed by atoms with E-state index in [1.807, 2.05) is 17.0 Å². The molecule has 10 nitrogen and oxygen atoms in total. The molecule has 0 atom stereocenters. The SMILES string of the molecule is O=C(CO)N1CCN(c2ccc3c(C4CCN(C(=O)Nc5ccc(N6CCCC6)cc5)CC4)ncnc3c2)CC1. The van der Waals surface area contributed by atoms with Gasteiger partial charge in [0.15, 0.2) is 0 Å². The summed E-state index contributed by atoms with van der Waals surface area (Å²) >= 11 is 0. The Morgan fingerprint density at radius 1 is 0.800 bits per heavy atom. The maximum atomic E-state index is 13.0. The van der Waals surface area contributed by atoms with Gasteiger partial charge in [-0.05, 0) is 68.1 Å². The lowest BCUT2D eigenvalue weighted by Crippen LogP contribution is -2.49. The van der Waals surface area contributed by atoms with Crippen LogP contribution >= 0.6 is 0 Å². The number of piperidine rings is 1. The molecule has 40 heavy (non-hydrogen) atoms. The van der Waals surface area contributed by atoms with Crippen LogP contribution in [0.15, 0.2) is 48.8 Å². The number of rotatable bonds is 5. The molecule has 3 aliphatic heterocycles. The molecular weight excluding hydrogens is 506 g/mol. The molecule has 0 bridgehead atoms. The van der Waals surface area contributed by atoms with Crippen LogP contribution in [0.3, 0.4) is 0 Å². The summed E-state index contributed by atoms with van der Waals surface area (Å²) < 4.78 is 0. The molecule has 0 spiro atoms. The molecule has 210 valence electrons. The van der Waals surface area contributed by atoms with E-state index < -0.39 is 6.61 Å². The second kappa shape index (κ2) is 11.7. The molecule has 1 aromatic heterocycles. The van der Waals surface area contributed by atoms with Crippen molar-refractivity contribution in [3.63, 3.8) is 0 Å². The van der Waals surface area contributed by atoms with Crippen molar-refractivity contribution in [2.75, 3.05) is 74.1 Å². The number of nitrogens with one attached hydrogen (secondary N) is 1. The third-order valence-corrected chi connectivity index (χ3v) is 8.54. The van der Waals surface area contributed by atoms with Crippen LogP contribution in [0.4, 0.5) is 21.9 Å². The molecule has 0 radical (unpaired) electrons. The van der Waals surface area contributed by atoms with Crippen molar-refractivity contribution < 1.29 is 14.7 Å². The van der Waals surface area contributed by atoms with Gasteiger partial charge in [-0.1, -0.05) is 0 Å². The van der Waals surface area contributed by atoms with Gasteiger partial charge >= 0.3 is 6.03 Å². The zero-order valence-electron chi connectivity index (χ0n) is 22.8. The first-order valence-electron chi connectivity index (χ1n) is 14.4. The second-order valence-electron chi connectivity index (χ2n) is 10.9. The zero-order valence-corrected chi connectivity index (χ0v) is 22.8. The van der Waals surface area contributed by atoms with E-state index in [0.717, 1.165) is 67.0 Å². The molecule has 2 aromatic carbocycles. The Hall–Kier alpha value is -3.92. The molecular formula is C30H37N7O3. The van der Waals surface area contributed by atoms with Crippen molar-refractivity contribution in [3.05, 3.63) is 54.5 Å². The lowest BCUT2D eigenvalue weighted by Gasteiger charge is -2.36. The molecule has 3 amide bonds. The number of carbonyl (C=O) groups is 2. The molecule has 3 aromatic rings. The minimum absolute atomic E-state index is 0.0506. The van der Waals surface area contributed by atoms with Gasteiger partial charge in [0.1, 0.15) is 12.9 Å². The van der Waals surface area contributed by atoms with Crippen LogP contribution in [0.25, 0.3) is 10.9 Å². The first-order chi connectivity index (χ1) is 19.6. The smallest absolute Gasteiger partial charge is 0.321 e. The van der Waals surface area contributed by atoms with Crippen LogP contribution in [0.2, 0.25) is 0 Å². The molecule has 2 N–H and O–H groups in total. The van der Waals surface area contributed by atoms with Crippen LogP contribution in [0.1, 0.15) is 37.3 Å². The third kappa shape index (κ3) is 5.54. The van der Waals surface area contributed by atoms with Gasteiger partial charge in [0.05, 0.1) is 11.2 Å². The second-order valence-corrected chi connectivity index (χ2v) is 10.9. The van der Waals surface area contributed by atoms with Crippen molar-refractivity contribution in [1.82, 2.24) is 19.8 Å². The normalized spacial score (nSPS) is 18.4. The largest absolute Gasteiger partial charge is 0.387 e. The number of aliphatic hydroxyl groups is 1. The molecule has 0 saturated carbocycles. The highest BCUT2D eigenvalue weighted by Crippen LogP contribution is 2.33. The number of anilines is 3. The van der Waals surface area contributed by atoms with Gasteiger partial charge in [0.2, 0.25) is 5.91 Å². The minimum atomic E-state index is -0.438. The molecule has 10 heteroatoms. The van der Waals surface area contributed by atoms with Gasteiger partial charge in [-0.2, -0.15) is 0 Å². The maximum absolute atomic E-state index is 13.0. The zero-order chi connectivity index (χ0) is 27.5. The summed E-state index contributed by atoms with van der Waals surface area (Å²) in [7, 11) is 0. The van der Waals surface area contributed by atoms with E-state index in [9.17, 15) is 9.59 Å². The maximum Gasteiger partial charge on any atom is 0.321 e. The molecule has 4 heterocycles. The highest BCUT2D eigenvalue weighted by Gasteiger charge is 2.27. The van der Waals surface area contributed by atoms with Gasteiger partial charge < -0.3 is 30.0 Å². The molecule has 3 fully saturated rings. The number of likely N-dealkylation sites (tertiary alicyclic amines) is 1. The van der Waals surface area contributed by atoms with Gasteiger partial charge in [-0.3, -0.25) is 4.79 Å². The monoisotopic (exact) mass is 543 g/mol. The lowest BCUT2D eigenvalue weighted by molar-refractivity contribution is -0.134. The van der Waals surface area contributed by atoms with Crippen LogP contribution in [0, 0.1) is 0 Å². The van der Waals surface area contributed by atoms with Crippen molar-refractivity contribution in [3.8, 4) is 0 Å². The predicted molar refractivity (Wildman–Crippen MR) is 156 cm³/mol. The van der Waals surface area contributed by atoms with Crippen LogP contribution in [-0.4, -0.2) is 95.8 Å². The quantitative estimate of drug-likeness (QED) is 0.509. The van der Waals surface area contributed by atoms with Gasteiger partial charge in [-0.25, -0.2) is 14.8 Å². The summed E-state index contributed by atoms with van der Waals surface area (Å²) in [5, 5.41) is 13.2. The standard InChI is InChI=1S/C30H37N7O3/c38-20-28(39)36-17-15-35(16-18-36)25-7-8-26-27(19-25)31-21-32-29(26)22-9-13-37(14-10-22)30(40)33-23-3-5-24(6-4-23)34-11-1-2-12-34/h3-8,19,21-22,38H,1-2,9-18,20H2,(H,33,40). The van der Waals surface area contributed by atoms with Crippen LogP contribution in [-0.2, 0) is 4.79 Å². The summed E-state index contributed by atoms with van der Waals surface area (Å²) in [6.45, 7) is 5.78. The van der Waals surface area contributed by atoms with E-state index in [0.29, 0.717) is 26.2 Å². The van der Waals surface area contributed by atoms with Gasteiger partial charge in [0, 0.05) is 80.7 Å². The van der Waals surface area contributed by atoms with Gasteiger partial charge in [0.25, 0.3) is 0 Å². The Morgan fingerprint density at radius 2 is 1.48 bits per heavy atom. The topological polar surface area (TPSA) is 105 Å². The number of aromatic nitrogens is 2. The number of benzene rings is 2. The number of piperazine rings is 1. The Morgan fingerprint density at radius 3 is 2.17 bits per heavy atom. The number of nitrogens with zero attached hydrogens (tertiary/aromatic N) is 6. The van der Waals surface area contributed by atoms with Crippen molar-refractivity contribution in [2.24, 2.45) is 0 Å². The Balaban J connectivity index is 1.06. The van der Waals surface area contributed by atoms with E-state index >= 15 is 0 Å². The molecule has 3 aliphatic rings. The fourth-order valence-corrected chi connectivity index (χ4v) is 6.19. The summed E-state index contributed by atoms with van der Waals surface area (Å²) in [6.07, 6.45) is 5.85. The summed E-state index contributed by atoms with van der Waals surface area (Å²) in [5.74, 6) is 0.0545. The van der Waals surface area contributed by atoms with E-state index in [4.69, 9.17) is 5.11 Å².